The molecule has 1 amide bonds. The van der Waals surface area contributed by atoms with E-state index in [-0.39, 0.29) is 12.1 Å². The second kappa shape index (κ2) is 4.28. The Labute approximate surface area is 80.1 Å². The molecule has 1 aromatic heterocycles. The van der Waals surface area contributed by atoms with Gasteiger partial charge in [0.2, 0.25) is 0 Å². The van der Waals surface area contributed by atoms with Gasteiger partial charge in [-0.2, -0.15) is 5.26 Å². The van der Waals surface area contributed by atoms with E-state index in [2.05, 4.69) is 10.4 Å². The lowest BCUT2D eigenvalue weighted by Crippen LogP contribution is -2.27. The molecule has 0 unspecified atom stereocenters. The Hall–Kier alpha value is -2.03. The van der Waals surface area contributed by atoms with Gasteiger partial charge < -0.3 is 5.32 Å². The van der Waals surface area contributed by atoms with Gasteiger partial charge in [-0.3, -0.25) is 19.4 Å². The van der Waals surface area contributed by atoms with E-state index in [1.54, 1.807) is 6.07 Å². The molecule has 6 nitrogen and oxygen atoms in total. The quantitative estimate of drug-likeness (QED) is 0.632. The maximum absolute atomic E-state index is 11.3. The van der Waals surface area contributed by atoms with Gasteiger partial charge in [0.05, 0.1) is 6.07 Å². The number of H-pyrrole nitrogens is 1. The van der Waals surface area contributed by atoms with Gasteiger partial charge >= 0.3 is 0 Å². The summed E-state index contributed by atoms with van der Waals surface area (Å²) in [5.41, 5.74) is -0.413. The van der Waals surface area contributed by atoms with E-state index >= 15 is 0 Å². The van der Waals surface area contributed by atoms with Gasteiger partial charge in [-0.15, -0.1) is 0 Å². The third-order valence-corrected chi connectivity index (χ3v) is 1.69. The van der Waals surface area contributed by atoms with Gasteiger partial charge in [0.25, 0.3) is 11.5 Å². The Bertz CT molecular complexity index is 423. The number of rotatable bonds is 3. The molecule has 0 saturated carbocycles. The van der Waals surface area contributed by atoms with Crippen molar-refractivity contribution in [3.8, 4) is 6.07 Å². The van der Waals surface area contributed by atoms with E-state index in [1.165, 1.54) is 10.9 Å². The lowest BCUT2D eigenvalue weighted by molar-refractivity contribution is 0.0957. The summed E-state index contributed by atoms with van der Waals surface area (Å²) in [6, 6.07) is 1.76. The Balaban J connectivity index is 2.85. The summed E-state index contributed by atoms with van der Waals surface area (Å²) < 4.78 is 1.50. The monoisotopic (exact) mass is 194 g/mol. The number of hydrogen-bond acceptors (Lipinski definition) is 3. The molecule has 0 aliphatic carbocycles. The molecular weight excluding hydrogens is 184 g/mol. The van der Waals surface area contributed by atoms with Crippen molar-refractivity contribution < 1.29 is 4.79 Å². The number of aromatic nitrogens is 2. The highest BCUT2D eigenvalue weighted by atomic mass is 16.2. The molecule has 1 rings (SSSR count). The van der Waals surface area contributed by atoms with Crippen molar-refractivity contribution in [2.24, 2.45) is 0 Å². The van der Waals surface area contributed by atoms with Crippen LogP contribution in [-0.2, 0) is 6.54 Å². The first-order chi connectivity index (χ1) is 6.69. The van der Waals surface area contributed by atoms with E-state index in [1.807, 2.05) is 6.92 Å². The highest BCUT2D eigenvalue weighted by molar-refractivity contribution is 5.93. The first kappa shape index (κ1) is 10.1. The summed E-state index contributed by atoms with van der Waals surface area (Å²) in [6.45, 7) is 2.32. The lowest BCUT2D eigenvalue weighted by atomic mass is 10.3. The molecule has 0 spiro atoms. The van der Waals surface area contributed by atoms with Crippen LogP contribution < -0.4 is 10.9 Å². The van der Waals surface area contributed by atoms with Crippen molar-refractivity contribution in [2.75, 3.05) is 6.54 Å². The van der Waals surface area contributed by atoms with Crippen LogP contribution in [0.3, 0.4) is 0 Å². The second-order valence-corrected chi connectivity index (χ2v) is 2.61. The summed E-state index contributed by atoms with van der Waals surface area (Å²) in [4.78, 5) is 22.4. The van der Waals surface area contributed by atoms with Gasteiger partial charge in [-0.25, -0.2) is 0 Å². The van der Waals surface area contributed by atoms with Crippen LogP contribution in [0.5, 0.6) is 0 Å². The van der Waals surface area contributed by atoms with Crippen LogP contribution in [0.15, 0.2) is 11.0 Å². The normalized spacial score (nSPS) is 9.43. The van der Waals surface area contributed by atoms with E-state index < -0.39 is 11.5 Å². The summed E-state index contributed by atoms with van der Waals surface area (Å²) in [7, 11) is 0. The van der Waals surface area contributed by atoms with Crippen LogP contribution in [0, 0.1) is 11.3 Å². The molecule has 1 aromatic rings. The number of carbonyl (C=O) groups excluding carboxylic acids is 1. The van der Waals surface area contributed by atoms with Crippen molar-refractivity contribution in [1.82, 2.24) is 15.1 Å². The maximum Gasteiger partial charge on any atom is 0.276 e. The third-order valence-electron chi connectivity index (χ3n) is 1.69. The zero-order chi connectivity index (χ0) is 10.6. The summed E-state index contributed by atoms with van der Waals surface area (Å²) in [5.74, 6) is -0.528. The summed E-state index contributed by atoms with van der Waals surface area (Å²) >= 11 is 0. The van der Waals surface area contributed by atoms with E-state index in [0.29, 0.717) is 6.54 Å². The molecular formula is C8H10N4O2. The van der Waals surface area contributed by atoms with E-state index in [4.69, 9.17) is 5.26 Å². The maximum atomic E-state index is 11.3. The largest absolute Gasteiger partial charge is 0.339 e. The van der Waals surface area contributed by atoms with Crippen molar-refractivity contribution in [3.63, 3.8) is 0 Å². The molecule has 0 aromatic carbocycles. The van der Waals surface area contributed by atoms with Gasteiger partial charge in [-0.05, 0) is 6.92 Å². The van der Waals surface area contributed by atoms with Crippen LogP contribution in [-0.4, -0.2) is 22.2 Å². The molecule has 0 aliphatic heterocycles. The number of nitriles is 1. The molecule has 74 valence electrons. The molecule has 0 fully saturated rings. The fraction of sp³-hybridized carbons (Fsp3) is 0.375. The van der Waals surface area contributed by atoms with Crippen LogP contribution in [0.2, 0.25) is 0 Å². The van der Waals surface area contributed by atoms with Crippen LogP contribution in [0.4, 0.5) is 0 Å². The number of hydrogen-bond donors (Lipinski definition) is 2. The van der Waals surface area contributed by atoms with Gasteiger partial charge in [0.15, 0.2) is 0 Å². The Morgan fingerprint density at radius 1 is 1.79 bits per heavy atom. The van der Waals surface area contributed by atoms with Crippen LogP contribution in [0.1, 0.15) is 17.3 Å². The first-order valence-corrected chi connectivity index (χ1v) is 4.13. The average molecular weight is 194 g/mol. The molecule has 0 saturated heterocycles. The minimum absolute atomic E-state index is 0.0297. The Morgan fingerprint density at radius 3 is 3.00 bits per heavy atom. The molecule has 0 aliphatic rings. The topological polar surface area (TPSA) is 90.7 Å². The number of carbonyl (C=O) groups is 1. The number of aromatic amines is 1. The molecule has 14 heavy (non-hydrogen) atoms. The first-order valence-electron chi connectivity index (χ1n) is 4.13. The van der Waals surface area contributed by atoms with Crippen molar-refractivity contribution in [1.29, 1.82) is 5.26 Å². The van der Waals surface area contributed by atoms with Crippen LogP contribution in [0.25, 0.3) is 0 Å². The number of amides is 1. The molecule has 0 atom stereocenters. The molecule has 1 heterocycles. The Morgan fingerprint density at radius 2 is 2.50 bits per heavy atom. The fourth-order valence-electron chi connectivity index (χ4n) is 0.985. The number of nitrogens with zero attached hydrogens (tertiary/aromatic N) is 2. The SMILES string of the molecule is CCn1cc(C(=O)NCC#N)c(=O)[nH]1. The Kier molecular flexibility index (Phi) is 3.07. The minimum Gasteiger partial charge on any atom is -0.339 e. The standard InChI is InChI=1S/C8H10N4O2/c1-2-12-5-6(8(14)11-12)7(13)10-4-3-9/h5H,2,4H2,1H3,(H,10,13)(H,11,14). The van der Waals surface area contributed by atoms with Crippen LogP contribution >= 0.6 is 0 Å². The number of aryl methyl sites for hydroxylation is 1. The predicted octanol–water partition coefficient (Wildman–Crippen LogP) is -0.550. The van der Waals surface area contributed by atoms with E-state index in [9.17, 15) is 9.59 Å². The van der Waals surface area contributed by atoms with Crippen molar-refractivity contribution >= 4 is 5.91 Å². The fourth-order valence-corrected chi connectivity index (χ4v) is 0.985. The molecule has 0 bridgehead atoms. The van der Waals surface area contributed by atoms with Gasteiger partial charge in [0, 0.05) is 12.7 Å². The van der Waals surface area contributed by atoms with Crippen molar-refractivity contribution in [2.45, 2.75) is 13.5 Å². The lowest BCUT2D eigenvalue weighted by Gasteiger charge is -1.94. The zero-order valence-corrected chi connectivity index (χ0v) is 7.70. The molecule has 2 N–H and O–H groups in total. The third kappa shape index (κ3) is 2.01. The van der Waals surface area contributed by atoms with Crippen molar-refractivity contribution in [3.05, 3.63) is 22.1 Å². The smallest absolute Gasteiger partial charge is 0.276 e. The highest BCUT2D eigenvalue weighted by Crippen LogP contribution is 1.90. The molecule has 0 radical (unpaired) electrons. The average Bonchev–Trinajstić information content (AvgIpc) is 2.56. The molecule has 6 heteroatoms. The predicted molar refractivity (Wildman–Crippen MR) is 48.7 cm³/mol. The second-order valence-electron chi connectivity index (χ2n) is 2.61. The van der Waals surface area contributed by atoms with Gasteiger partial charge in [0.1, 0.15) is 12.1 Å². The minimum atomic E-state index is -0.528. The highest BCUT2D eigenvalue weighted by Gasteiger charge is 2.11. The van der Waals surface area contributed by atoms with Gasteiger partial charge in [-0.1, -0.05) is 0 Å². The zero-order valence-electron chi connectivity index (χ0n) is 7.70. The summed E-state index contributed by atoms with van der Waals surface area (Å²) in [5, 5.41) is 13.0. The number of nitrogens with one attached hydrogen (secondary N) is 2. The van der Waals surface area contributed by atoms with E-state index in [0.717, 1.165) is 0 Å². The summed E-state index contributed by atoms with van der Waals surface area (Å²) in [6.07, 6.45) is 1.43.